The van der Waals surface area contributed by atoms with Crippen LogP contribution in [0.25, 0.3) is 0 Å². The summed E-state index contributed by atoms with van der Waals surface area (Å²) in [5.41, 5.74) is 1.82. The highest BCUT2D eigenvalue weighted by Gasteiger charge is 2.46. The number of nitrogens with zero attached hydrogens (tertiary/aromatic N) is 1. The zero-order valence-electron chi connectivity index (χ0n) is 15.9. The van der Waals surface area contributed by atoms with Gasteiger partial charge in [0.05, 0.1) is 0 Å². The van der Waals surface area contributed by atoms with E-state index in [0.29, 0.717) is 29.9 Å². The number of carbonyl (C=O) groups is 2. The Morgan fingerprint density at radius 1 is 1.00 bits per heavy atom. The molecular weight excluding hydrogens is 352 g/mol. The molecule has 0 radical (unpaired) electrons. The van der Waals surface area contributed by atoms with Gasteiger partial charge in [0.15, 0.2) is 0 Å². The van der Waals surface area contributed by atoms with Gasteiger partial charge in [-0.1, -0.05) is 30.3 Å². The summed E-state index contributed by atoms with van der Waals surface area (Å²) < 4.78 is 0. The fourth-order valence-electron chi connectivity index (χ4n) is 4.08. The maximum absolute atomic E-state index is 12.8. The van der Waals surface area contributed by atoms with Crippen LogP contribution < -0.4 is 5.32 Å². The van der Waals surface area contributed by atoms with E-state index in [9.17, 15) is 14.7 Å². The molecule has 1 aliphatic heterocycles. The molecule has 1 saturated heterocycles. The van der Waals surface area contributed by atoms with Crippen molar-refractivity contribution in [1.29, 1.82) is 0 Å². The molecule has 0 spiro atoms. The number of amides is 2. The number of carbonyl (C=O) groups excluding carboxylic acids is 2. The van der Waals surface area contributed by atoms with E-state index in [-0.39, 0.29) is 17.6 Å². The lowest BCUT2D eigenvalue weighted by molar-refractivity contribution is -0.134. The predicted octanol–water partition coefficient (Wildman–Crippen LogP) is 3.16. The van der Waals surface area contributed by atoms with Crippen molar-refractivity contribution in [2.45, 2.75) is 25.2 Å². The molecule has 0 aromatic heterocycles. The zero-order chi connectivity index (χ0) is 19.5. The summed E-state index contributed by atoms with van der Waals surface area (Å²) in [7, 11) is 0. The number of benzene rings is 2. The van der Waals surface area contributed by atoms with E-state index in [4.69, 9.17) is 0 Å². The summed E-state index contributed by atoms with van der Waals surface area (Å²) in [6, 6.07) is 16.6. The Kier molecular flexibility index (Phi) is 5.33. The van der Waals surface area contributed by atoms with Gasteiger partial charge in [0.1, 0.15) is 5.75 Å². The Hall–Kier alpha value is -2.82. The summed E-state index contributed by atoms with van der Waals surface area (Å²) in [4.78, 5) is 27.0. The lowest BCUT2D eigenvalue weighted by Gasteiger charge is -2.32. The minimum absolute atomic E-state index is 0.123. The Balaban J connectivity index is 1.21. The Bertz CT molecular complexity index is 827. The third kappa shape index (κ3) is 4.19. The lowest BCUT2D eigenvalue weighted by atomic mass is 9.96. The number of nitrogens with one attached hydrogen (secondary N) is 1. The van der Waals surface area contributed by atoms with Crippen LogP contribution in [0.1, 0.15) is 41.1 Å². The third-order valence-electron chi connectivity index (χ3n) is 5.94. The van der Waals surface area contributed by atoms with Gasteiger partial charge in [-0.15, -0.1) is 0 Å². The van der Waals surface area contributed by atoms with Gasteiger partial charge in [0.2, 0.25) is 5.91 Å². The van der Waals surface area contributed by atoms with Gasteiger partial charge in [-0.3, -0.25) is 9.59 Å². The van der Waals surface area contributed by atoms with Crippen LogP contribution in [0, 0.1) is 11.8 Å². The fraction of sp³-hybridized carbons (Fsp3) is 0.391. The maximum Gasteiger partial charge on any atom is 0.251 e. The molecule has 2 fully saturated rings. The van der Waals surface area contributed by atoms with Crippen LogP contribution in [0.5, 0.6) is 5.75 Å². The molecule has 2 atom stereocenters. The van der Waals surface area contributed by atoms with Crippen LogP contribution in [0.2, 0.25) is 0 Å². The normalized spacial score (nSPS) is 21.9. The predicted molar refractivity (Wildman–Crippen MR) is 107 cm³/mol. The van der Waals surface area contributed by atoms with Crippen LogP contribution in [0.4, 0.5) is 0 Å². The molecule has 4 rings (SSSR count). The van der Waals surface area contributed by atoms with Gasteiger partial charge in [-0.2, -0.15) is 0 Å². The molecule has 146 valence electrons. The van der Waals surface area contributed by atoms with Crippen LogP contribution in [0.3, 0.4) is 0 Å². The molecule has 1 saturated carbocycles. The number of aromatic hydroxyl groups is 1. The molecule has 2 aromatic rings. The van der Waals surface area contributed by atoms with Crippen molar-refractivity contribution >= 4 is 11.8 Å². The number of likely N-dealkylation sites (tertiary alicyclic amines) is 1. The fourth-order valence-corrected chi connectivity index (χ4v) is 4.08. The molecular formula is C23H26N2O3. The van der Waals surface area contributed by atoms with Crippen molar-refractivity contribution in [3.63, 3.8) is 0 Å². The molecule has 2 aliphatic rings. The third-order valence-corrected chi connectivity index (χ3v) is 5.94. The minimum Gasteiger partial charge on any atom is -0.508 e. The second-order valence-corrected chi connectivity index (χ2v) is 7.88. The Morgan fingerprint density at radius 3 is 2.36 bits per heavy atom. The topological polar surface area (TPSA) is 69.6 Å². The van der Waals surface area contributed by atoms with Crippen molar-refractivity contribution in [2.24, 2.45) is 11.8 Å². The van der Waals surface area contributed by atoms with Crippen LogP contribution in [-0.2, 0) is 4.79 Å². The second-order valence-electron chi connectivity index (χ2n) is 7.88. The summed E-state index contributed by atoms with van der Waals surface area (Å²) in [5, 5.41) is 12.3. The molecule has 0 bridgehead atoms. The monoisotopic (exact) mass is 378 g/mol. The van der Waals surface area contributed by atoms with Gasteiger partial charge in [-0.05, 0) is 60.9 Å². The second kappa shape index (κ2) is 8.05. The molecule has 28 heavy (non-hydrogen) atoms. The van der Waals surface area contributed by atoms with E-state index in [1.54, 1.807) is 12.1 Å². The standard InChI is InChI=1S/C23H26N2O3/c26-19-8-6-18(7-9-19)22(27)24-15-16-10-12-25(13-11-16)23(28)21-14-20(21)17-4-2-1-3-5-17/h1-9,16,20-21,26H,10-15H2,(H,24,27). The van der Waals surface area contributed by atoms with E-state index in [1.165, 1.54) is 17.7 Å². The van der Waals surface area contributed by atoms with Crippen molar-refractivity contribution in [1.82, 2.24) is 10.2 Å². The van der Waals surface area contributed by atoms with Crippen LogP contribution >= 0.6 is 0 Å². The zero-order valence-corrected chi connectivity index (χ0v) is 15.9. The molecule has 2 aromatic carbocycles. The highest BCUT2D eigenvalue weighted by Crippen LogP contribution is 2.48. The average Bonchev–Trinajstić information content (AvgIpc) is 3.54. The Labute approximate surface area is 165 Å². The number of rotatable bonds is 5. The van der Waals surface area contributed by atoms with Gasteiger partial charge in [-0.25, -0.2) is 0 Å². The first-order chi connectivity index (χ1) is 13.6. The van der Waals surface area contributed by atoms with Crippen molar-refractivity contribution in [3.8, 4) is 5.75 Å². The van der Waals surface area contributed by atoms with Crippen molar-refractivity contribution < 1.29 is 14.7 Å². The van der Waals surface area contributed by atoms with E-state index in [0.717, 1.165) is 32.4 Å². The summed E-state index contributed by atoms with van der Waals surface area (Å²) in [6.45, 7) is 2.17. The van der Waals surface area contributed by atoms with Gasteiger partial charge in [0, 0.05) is 31.1 Å². The first kappa shape index (κ1) is 18.5. The molecule has 1 heterocycles. The van der Waals surface area contributed by atoms with Gasteiger partial charge < -0.3 is 15.3 Å². The molecule has 5 nitrogen and oxygen atoms in total. The summed E-state index contributed by atoms with van der Waals surface area (Å²) >= 11 is 0. The first-order valence-electron chi connectivity index (χ1n) is 10.0. The number of hydrogen-bond acceptors (Lipinski definition) is 3. The first-order valence-corrected chi connectivity index (χ1v) is 10.0. The van der Waals surface area contributed by atoms with Crippen LogP contribution in [-0.4, -0.2) is 41.5 Å². The van der Waals surface area contributed by atoms with E-state index < -0.39 is 0 Å². The molecule has 2 unspecified atom stereocenters. The van der Waals surface area contributed by atoms with Crippen LogP contribution in [0.15, 0.2) is 54.6 Å². The van der Waals surface area contributed by atoms with Crippen molar-refractivity contribution in [2.75, 3.05) is 19.6 Å². The number of phenolic OH excluding ortho intramolecular Hbond substituents is 1. The molecule has 2 amide bonds. The molecule has 1 aliphatic carbocycles. The minimum atomic E-state index is -0.123. The maximum atomic E-state index is 12.8. The number of hydrogen-bond donors (Lipinski definition) is 2. The average molecular weight is 378 g/mol. The highest BCUT2D eigenvalue weighted by atomic mass is 16.3. The summed E-state index contributed by atoms with van der Waals surface area (Å²) in [5.74, 6) is 1.25. The van der Waals surface area contributed by atoms with E-state index >= 15 is 0 Å². The number of phenols is 1. The van der Waals surface area contributed by atoms with Gasteiger partial charge >= 0.3 is 0 Å². The van der Waals surface area contributed by atoms with E-state index in [1.807, 2.05) is 23.1 Å². The highest BCUT2D eigenvalue weighted by molar-refractivity contribution is 5.94. The smallest absolute Gasteiger partial charge is 0.251 e. The number of piperidine rings is 1. The lowest BCUT2D eigenvalue weighted by Crippen LogP contribution is -2.42. The van der Waals surface area contributed by atoms with E-state index in [2.05, 4.69) is 17.4 Å². The van der Waals surface area contributed by atoms with Gasteiger partial charge in [0.25, 0.3) is 5.91 Å². The quantitative estimate of drug-likeness (QED) is 0.840. The van der Waals surface area contributed by atoms with Crippen molar-refractivity contribution in [3.05, 3.63) is 65.7 Å². The summed E-state index contributed by atoms with van der Waals surface area (Å²) in [6.07, 6.45) is 2.81. The largest absolute Gasteiger partial charge is 0.508 e. The molecule has 2 N–H and O–H groups in total. The molecule has 5 heteroatoms. The Morgan fingerprint density at radius 2 is 1.68 bits per heavy atom. The SMILES string of the molecule is O=C(NCC1CCN(C(=O)C2CC2c2ccccc2)CC1)c1ccc(O)cc1.